The Morgan fingerprint density at radius 1 is 1.56 bits per heavy atom. The van der Waals surface area contributed by atoms with Crippen molar-refractivity contribution in [2.75, 3.05) is 33.2 Å². The van der Waals surface area contributed by atoms with Crippen LogP contribution >= 0.6 is 0 Å². The first-order chi connectivity index (χ1) is 7.63. The van der Waals surface area contributed by atoms with Gasteiger partial charge in [0.2, 0.25) is 0 Å². The molecule has 1 fully saturated rings. The first-order valence-electron chi connectivity index (χ1n) is 5.71. The topological polar surface area (TPSA) is 70.8 Å². The van der Waals surface area contributed by atoms with Gasteiger partial charge >= 0.3 is 5.97 Å². The molecule has 1 unspecified atom stereocenters. The number of hydrogen-bond acceptors (Lipinski definition) is 6. The summed E-state index contributed by atoms with van der Waals surface area (Å²) in [5.41, 5.74) is 1.91. The van der Waals surface area contributed by atoms with Crippen molar-refractivity contribution in [3.8, 4) is 0 Å². The lowest BCUT2D eigenvalue weighted by Gasteiger charge is -2.27. The quantitative estimate of drug-likeness (QED) is 0.493. The van der Waals surface area contributed by atoms with Crippen molar-refractivity contribution in [1.29, 1.82) is 0 Å². The third-order valence-corrected chi connectivity index (χ3v) is 2.96. The lowest BCUT2D eigenvalue weighted by molar-refractivity contribution is -0.151. The molecule has 3 N–H and O–H groups in total. The fraction of sp³-hybridized carbons (Fsp3) is 0.900. The van der Waals surface area contributed by atoms with Crippen molar-refractivity contribution in [3.63, 3.8) is 0 Å². The maximum atomic E-state index is 11.1. The molecule has 0 aromatic rings. The van der Waals surface area contributed by atoms with Crippen molar-refractivity contribution in [2.24, 2.45) is 5.84 Å². The number of rotatable bonds is 4. The van der Waals surface area contributed by atoms with Crippen LogP contribution in [0.15, 0.2) is 0 Å². The van der Waals surface area contributed by atoms with Crippen LogP contribution in [0.5, 0.6) is 0 Å². The van der Waals surface area contributed by atoms with Gasteiger partial charge < -0.3 is 9.74 Å². The van der Waals surface area contributed by atoms with Crippen LogP contribution in [0.4, 0.5) is 0 Å². The van der Waals surface area contributed by atoms with Crippen molar-refractivity contribution in [3.05, 3.63) is 0 Å². The highest BCUT2D eigenvalue weighted by atomic mass is 16.7. The number of likely N-dealkylation sites (N-methyl/N-ethyl adjacent to an activating group) is 1. The summed E-state index contributed by atoms with van der Waals surface area (Å²) in [5.74, 6) is 4.58. The van der Waals surface area contributed by atoms with Gasteiger partial charge in [0.15, 0.2) is 0 Å². The Hall–Kier alpha value is -0.690. The summed E-state index contributed by atoms with van der Waals surface area (Å²) in [6, 6.07) is 0.478. The van der Waals surface area contributed by atoms with Crippen LogP contribution in [-0.2, 0) is 9.63 Å². The number of nitrogens with two attached hydrogens (primary N) is 1. The van der Waals surface area contributed by atoms with Gasteiger partial charge in [0.1, 0.15) is 0 Å². The van der Waals surface area contributed by atoms with Crippen LogP contribution in [-0.4, -0.2) is 55.0 Å². The molecule has 1 aliphatic heterocycles. The summed E-state index contributed by atoms with van der Waals surface area (Å²) in [6.07, 6.45) is 1.52. The van der Waals surface area contributed by atoms with E-state index >= 15 is 0 Å². The number of carbonyl (C=O) groups excluding carboxylic acids is 1. The van der Waals surface area contributed by atoms with E-state index in [2.05, 4.69) is 28.6 Å². The van der Waals surface area contributed by atoms with Gasteiger partial charge in [-0.25, -0.2) is 5.84 Å². The normalized spacial score (nSPS) is 24.1. The monoisotopic (exact) mass is 230 g/mol. The van der Waals surface area contributed by atoms with E-state index < -0.39 is 0 Å². The average Bonchev–Trinajstić information content (AvgIpc) is 2.37. The van der Waals surface area contributed by atoms with Crippen LogP contribution in [0.1, 0.15) is 19.8 Å². The molecule has 0 spiro atoms. The Kier molecular flexibility index (Phi) is 5.68. The highest BCUT2D eigenvalue weighted by molar-refractivity contribution is 5.69. The van der Waals surface area contributed by atoms with E-state index in [4.69, 9.17) is 5.84 Å². The molecule has 1 rings (SSSR count). The van der Waals surface area contributed by atoms with E-state index in [0.717, 1.165) is 32.6 Å². The fourth-order valence-corrected chi connectivity index (χ4v) is 2.11. The second-order valence-electron chi connectivity index (χ2n) is 4.34. The average molecular weight is 230 g/mol. The van der Waals surface area contributed by atoms with E-state index in [9.17, 15) is 4.79 Å². The minimum Gasteiger partial charge on any atom is -0.356 e. The van der Waals surface area contributed by atoms with Crippen molar-refractivity contribution in [2.45, 2.75) is 25.8 Å². The standard InChI is InChI=1S/C10H22N4O2/c1-9-8-13(2)5-3-6-14(9)7-4-10(15)16-12-11/h9,12H,3-8,11H2,1-2H3. The summed E-state index contributed by atoms with van der Waals surface area (Å²) in [4.78, 5) is 20.3. The second kappa shape index (κ2) is 6.80. The predicted molar refractivity (Wildman–Crippen MR) is 61.2 cm³/mol. The Bertz CT molecular complexity index is 225. The summed E-state index contributed by atoms with van der Waals surface area (Å²) < 4.78 is 0. The van der Waals surface area contributed by atoms with E-state index in [1.54, 1.807) is 0 Å². The number of nitrogens with zero attached hydrogens (tertiary/aromatic N) is 2. The molecule has 0 aromatic heterocycles. The lowest BCUT2D eigenvalue weighted by atomic mass is 10.2. The van der Waals surface area contributed by atoms with Crippen LogP contribution in [0, 0.1) is 0 Å². The largest absolute Gasteiger partial charge is 0.356 e. The molecule has 94 valence electrons. The van der Waals surface area contributed by atoms with E-state index in [-0.39, 0.29) is 5.97 Å². The van der Waals surface area contributed by atoms with Crippen LogP contribution in [0.3, 0.4) is 0 Å². The minimum absolute atomic E-state index is 0.313. The molecule has 0 saturated carbocycles. The Morgan fingerprint density at radius 2 is 2.31 bits per heavy atom. The SMILES string of the molecule is CC1CN(C)CCCN1CCC(=O)ONN. The molecule has 1 aliphatic rings. The zero-order valence-corrected chi connectivity index (χ0v) is 10.1. The Labute approximate surface area is 96.6 Å². The van der Waals surface area contributed by atoms with Gasteiger partial charge in [-0.2, -0.15) is 0 Å². The molecule has 0 aliphatic carbocycles. The first-order valence-corrected chi connectivity index (χ1v) is 5.71. The third kappa shape index (κ3) is 4.44. The molecule has 1 heterocycles. The molecule has 0 bridgehead atoms. The van der Waals surface area contributed by atoms with E-state index in [1.165, 1.54) is 0 Å². The lowest BCUT2D eigenvalue weighted by Crippen LogP contribution is -2.39. The van der Waals surface area contributed by atoms with Gasteiger partial charge in [-0.15, -0.1) is 0 Å². The molecule has 0 amide bonds. The van der Waals surface area contributed by atoms with Gasteiger partial charge in [0.25, 0.3) is 0 Å². The second-order valence-corrected chi connectivity index (χ2v) is 4.34. The molecule has 0 radical (unpaired) electrons. The van der Waals surface area contributed by atoms with Crippen LogP contribution in [0.25, 0.3) is 0 Å². The Balaban J connectivity index is 2.32. The minimum atomic E-state index is -0.313. The smallest absolute Gasteiger partial charge is 0.327 e. The van der Waals surface area contributed by atoms with Gasteiger partial charge in [0, 0.05) is 19.1 Å². The van der Waals surface area contributed by atoms with E-state index in [0.29, 0.717) is 12.5 Å². The fourth-order valence-electron chi connectivity index (χ4n) is 2.11. The van der Waals surface area contributed by atoms with Crippen molar-refractivity contribution >= 4 is 5.97 Å². The van der Waals surface area contributed by atoms with Gasteiger partial charge in [-0.1, -0.05) is 5.59 Å². The third-order valence-electron chi connectivity index (χ3n) is 2.96. The number of nitrogens with one attached hydrogen (secondary N) is 1. The van der Waals surface area contributed by atoms with Gasteiger partial charge in [-0.3, -0.25) is 9.69 Å². The molecule has 16 heavy (non-hydrogen) atoms. The van der Waals surface area contributed by atoms with E-state index in [1.807, 2.05) is 5.59 Å². The maximum Gasteiger partial charge on any atom is 0.327 e. The van der Waals surface area contributed by atoms with Gasteiger partial charge in [-0.05, 0) is 33.5 Å². The maximum absolute atomic E-state index is 11.1. The number of hydrogen-bond donors (Lipinski definition) is 2. The van der Waals surface area contributed by atoms with Crippen LogP contribution < -0.4 is 11.4 Å². The molecular formula is C10H22N4O2. The summed E-state index contributed by atoms with van der Waals surface area (Å²) in [5, 5.41) is 0. The summed E-state index contributed by atoms with van der Waals surface area (Å²) in [7, 11) is 2.13. The first kappa shape index (κ1) is 13.4. The molecule has 1 saturated heterocycles. The predicted octanol–water partition coefficient (Wildman–Crippen LogP) is -0.676. The zero-order valence-electron chi connectivity index (χ0n) is 10.1. The molecular weight excluding hydrogens is 208 g/mol. The summed E-state index contributed by atoms with van der Waals surface area (Å²) >= 11 is 0. The highest BCUT2D eigenvalue weighted by Gasteiger charge is 2.20. The Morgan fingerprint density at radius 3 is 3.00 bits per heavy atom. The molecule has 6 nitrogen and oxygen atoms in total. The number of hydrazine groups is 1. The molecule has 6 heteroatoms. The van der Waals surface area contributed by atoms with Crippen LogP contribution in [0.2, 0.25) is 0 Å². The van der Waals surface area contributed by atoms with Crippen molar-refractivity contribution in [1.82, 2.24) is 15.4 Å². The number of carbonyl (C=O) groups is 1. The summed E-state index contributed by atoms with van der Waals surface area (Å²) in [6.45, 7) is 6.12. The molecule has 0 aromatic carbocycles. The molecule has 1 atom stereocenters. The van der Waals surface area contributed by atoms with Crippen molar-refractivity contribution < 1.29 is 9.63 Å². The van der Waals surface area contributed by atoms with Gasteiger partial charge in [0.05, 0.1) is 6.42 Å². The highest BCUT2D eigenvalue weighted by Crippen LogP contribution is 2.08. The zero-order chi connectivity index (χ0) is 12.0.